The lowest BCUT2D eigenvalue weighted by molar-refractivity contribution is -0.113. The smallest absolute Gasteiger partial charge is 0.335 e. The topological polar surface area (TPSA) is 105 Å². The van der Waals surface area contributed by atoms with E-state index in [-0.39, 0.29) is 17.9 Å². The van der Waals surface area contributed by atoms with Crippen LogP contribution in [0, 0.1) is 0 Å². The van der Waals surface area contributed by atoms with Crippen molar-refractivity contribution < 1.29 is 29.0 Å². The Hall–Kier alpha value is -4.59. The second-order valence-corrected chi connectivity index (χ2v) is 7.17. The second kappa shape index (κ2) is 9.27. The van der Waals surface area contributed by atoms with Crippen molar-refractivity contribution >= 4 is 29.7 Å². The number of nitrogens with one attached hydrogen (secondary N) is 1. The summed E-state index contributed by atoms with van der Waals surface area (Å²) in [6.07, 6.45) is 1.57. The number of ether oxygens (including phenoxy) is 2. The van der Waals surface area contributed by atoms with E-state index in [1.807, 2.05) is 0 Å². The molecule has 3 aromatic carbocycles. The van der Waals surface area contributed by atoms with Crippen molar-refractivity contribution in [2.75, 3.05) is 12.0 Å². The number of imide groups is 1. The molecule has 4 rings (SSSR count). The van der Waals surface area contributed by atoms with Gasteiger partial charge in [0.15, 0.2) is 11.5 Å². The summed E-state index contributed by atoms with van der Waals surface area (Å²) in [5, 5.41) is 11.6. The number of methoxy groups -OCH3 is 1. The molecule has 8 heteroatoms. The Balaban J connectivity index is 1.49. The largest absolute Gasteiger partial charge is 0.493 e. The van der Waals surface area contributed by atoms with E-state index < -0.39 is 17.9 Å². The van der Waals surface area contributed by atoms with Gasteiger partial charge in [0.2, 0.25) is 0 Å². The monoisotopic (exact) mass is 444 g/mol. The SMILES string of the molecule is COc1cc(/C=C2\NC(=O)N(c3ccccc3)C2=O)ccc1OCc1ccc(C(=O)O)cc1. The van der Waals surface area contributed by atoms with Crippen molar-refractivity contribution in [3.05, 3.63) is 95.2 Å². The summed E-state index contributed by atoms with van der Waals surface area (Å²) in [6, 6.07) is 19.7. The number of amides is 3. The first-order valence-electron chi connectivity index (χ1n) is 10.0. The Labute approximate surface area is 189 Å². The summed E-state index contributed by atoms with van der Waals surface area (Å²) in [4.78, 5) is 37.1. The number of aromatic carboxylic acids is 1. The number of rotatable bonds is 7. The van der Waals surface area contributed by atoms with Gasteiger partial charge in [0.05, 0.1) is 18.4 Å². The van der Waals surface area contributed by atoms with Gasteiger partial charge in [0, 0.05) is 0 Å². The molecule has 8 nitrogen and oxygen atoms in total. The van der Waals surface area contributed by atoms with E-state index in [1.54, 1.807) is 66.7 Å². The molecular formula is C25H20N2O6. The molecule has 0 bridgehead atoms. The molecule has 0 spiro atoms. The van der Waals surface area contributed by atoms with Gasteiger partial charge in [-0.1, -0.05) is 36.4 Å². The van der Waals surface area contributed by atoms with Crippen molar-refractivity contribution in [1.82, 2.24) is 5.32 Å². The number of carboxylic acids is 1. The quantitative estimate of drug-likeness (QED) is 0.420. The van der Waals surface area contributed by atoms with E-state index >= 15 is 0 Å². The first-order valence-corrected chi connectivity index (χ1v) is 10.0. The molecule has 2 N–H and O–H groups in total. The van der Waals surface area contributed by atoms with E-state index in [0.29, 0.717) is 22.7 Å². The molecule has 3 aromatic rings. The van der Waals surface area contributed by atoms with Crippen LogP contribution in [0.5, 0.6) is 11.5 Å². The van der Waals surface area contributed by atoms with E-state index in [0.717, 1.165) is 10.5 Å². The highest BCUT2D eigenvalue weighted by molar-refractivity contribution is 6.28. The molecule has 1 aliphatic rings. The number of para-hydroxylation sites is 1. The number of nitrogens with zero attached hydrogens (tertiary/aromatic N) is 1. The van der Waals surface area contributed by atoms with Gasteiger partial charge in [0.1, 0.15) is 12.3 Å². The maximum Gasteiger partial charge on any atom is 0.335 e. The summed E-state index contributed by atoms with van der Waals surface area (Å²) >= 11 is 0. The van der Waals surface area contributed by atoms with Crippen LogP contribution in [-0.4, -0.2) is 30.1 Å². The van der Waals surface area contributed by atoms with Gasteiger partial charge >= 0.3 is 12.0 Å². The van der Waals surface area contributed by atoms with Crippen molar-refractivity contribution in [3.8, 4) is 11.5 Å². The minimum atomic E-state index is -0.988. The zero-order chi connectivity index (χ0) is 23.4. The van der Waals surface area contributed by atoms with Crippen LogP contribution in [0.15, 0.2) is 78.5 Å². The van der Waals surface area contributed by atoms with Gasteiger partial charge in [-0.05, 0) is 53.6 Å². The lowest BCUT2D eigenvalue weighted by atomic mass is 10.1. The van der Waals surface area contributed by atoms with Crippen molar-refractivity contribution in [3.63, 3.8) is 0 Å². The molecule has 0 unspecified atom stereocenters. The average Bonchev–Trinajstić information content (AvgIpc) is 3.11. The molecule has 1 fully saturated rings. The number of hydrogen-bond acceptors (Lipinski definition) is 5. The van der Waals surface area contributed by atoms with E-state index in [2.05, 4.69) is 5.32 Å². The highest BCUT2D eigenvalue weighted by Crippen LogP contribution is 2.30. The summed E-state index contributed by atoms with van der Waals surface area (Å²) in [5.74, 6) is -0.508. The summed E-state index contributed by atoms with van der Waals surface area (Å²) in [5.41, 5.74) is 2.28. The average molecular weight is 444 g/mol. The molecule has 1 saturated heterocycles. The maximum atomic E-state index is 12.7. The Kier molecular flexibility index (Phi) is 6.08. The summed E-state index contributed by atoms with van der Waals surface area (Å²) in [7, 11) is 1.50. The molecule has 0 aliphatic carbocycles. The van der Waals surface area contributed by atoms with Crippen LogP contribution < -0.4 is 19.7 Å². The third kappa shape index (κ3) is 4.69. The Morgan fingerprint density at radius 1 is 1.00 bits per heavy atom. The van der Waals surface area contributed by atoms with E-state index in [1.165, 1.54) is 19.2 Å². The number of carbonyl (C=O) groups excluding carboxylic acids is 2. The molecule has 166 valence electrons. The Morgan fingerprint density at radius 2 is 1.73 bits per heavy atom. The minimum Gasteiger partial charge on any atom is -0.493 e. The molecule has 0 atom stereocenters. The van der Waals surface area contributed by atoms with Crippen LogP contribution in [0.25, 0.3) is 6.08 Å². The van der Waals surface area contributed by atoms with Crippen LogP contribution in [-0.2, 0) is 11.4 Å². The van der Waals surface area contributed by atoms with Crippen LogP contribution in [0.2, 0.25) is 0 Å². The second-order valence-electron chi connectivity index (χ2n) is 7.17. The molecule has 1 aliphatic heterocycles. The van der Waals surface area contributed by atoms with Crippen LogP contribution in [0.4, 0.5) is 10.5 Å². The zero-order valence-electron chi connectivity index (χ0n) is 17.6. The number of carbonyl (C=O) groups is 3. The Morgan fingerprint density at radius 3 is 2.39 bits per heavy atom. The van der Waals surface area contributed by atoms with Crippen molar-refractivity contribution in [1.29, 1.82) is 0 Å². The first-order chi connectivity index (χ1) is 16.0. The number of urea groups is 1. The highest BCUT2D eigenvalue weighted by Gasteiger charge is 2.34. The van der Waals surface area contributed by atoms with Crippen molar-refractivity contribution in [2.45, 2.75) is 6.61 Å². The number of anilines is 1. The van der Waals surface area contributed by atoms with Gasteiger partial charge in [-0.25, -0.2) is 14.5 Å². The highest BCUT2D eigenvalue weighted by atomic mass is 16.5. The fraction of sp³-hybridized carbons (Fsp3) is 0.0800. The molecule has 33 heavy (non-hydrogen) atoms. The predicted octanol–water partition coefficient (Wildman–Crippen LogP) is 4.07. The molecule has 0 aromatic heterocycles. The maximum absolute atomic E-state index is 12.7. The lowest BCUT2D eigenvalue weighted by Gasteiger charge is -2.12. The number of hydrogen-bond donors (Lipinski definition) is 2. The Bertz CT molecular complexity index is 1240. The summed E-state index contributed by atoms with van der Waals surface area (Å²) in [6.45, 7) is 0.220. The van der Waals surface area contributed by atoms with Gasteiger partial charge in [0.25, 0.3) is 5.91 Å². The third-order valence-electron chi connectivity index (χ3n) is 4.99. The van der Waals surface area contributed by atoms with Gasteiger partial charge in [-0.3, -0.25) is 4.79 Å². The molecule has 1 heterocycles. The van der Waals surface area contributed by atoms with Gasteiger partial charge in [-0.15, -0.1) is 0 Å². The zero-order valence-corrected chi connectivity index (χ0v) is 17.6. The molecule has 0 radical (unpaired) electrons. The fourth-order valence-electron chi connectivity index (χ4n) is 3.31. The normalized spacial score (nSPS) is 14.3. The van der Waals surface area contributed by atoms with Gasteiger partial charge < -0.3 is 19.9 Å². The van der Waals surface area contributed by atoms with Crippen LogP contribution in [0.3, 0.4) is 0 Å². The van der Waals surface area contributed by atoms with Crippen molar-refractivity contribution in [2.24, 2.45) is 0 Å². The lowest BCUT2D eigenvalue weighted by Crippen LogP contribution is -2.30. The van der Waals surface area contributed by atoms with Crippen LogP contribution >= 0.6 is 0 Å². The molecule has 0 saturated carbocycles. The molecular weight excluding hydrogens is 424 g/mol. The third-order valence-corrected chi connectivity index (χ3v) is 4.99. The number of carboxylic acid groups (broad SMARTS) is 1. The van der Waals surface area contributed by atoms with E-state index in [9.17, 15) is 14.4 Å². The molecule has 3 amide bonds. The first kappa shape index (κ1) is 21.6. The minimum absolute atomic E-state index is 0.151. The summed E-state index contributed by atoms with van der Waals surface area (Å²) < 4.78 is 11.2. The number of benzene rings is 3. The fourth-order valence-corrected chi connectivity index (χ4v) is 3.31. The van der Waals surface area contributed by atoms with Crippen LogP contribution in [0.1, 0.15) is 21.5 Å². The van der Waals surface area contributed by atoms with E-state index in [4.69, 9.17) is 14.6 Å². The van der Waals surface area contributed by atoms with Gasteiger partial charge in [-0.2, -0.15) is 0 Å². The standard InChI is InChI=1S/C25H20N2O6/c1-32-22-14-17(9-12-21(22)33-15-16-7-10-18(11-8-16)24(29)30)13-20-23(28)27(25(31)26-20)19-5-3-2-4-6-19/h2-14H,15H2,1H3,(H,26,31)(H,29,30)/b20-13-. The predicted molar refractivity (Wildman–Crippen MR) is 121 cm³/mol.